The normalized spacial score (nSPS) is 15.7. The molecule has 0 radical (unpaired) electrons. The van der Waals surface area contributed by atoms with E-state index < -0.39 is 15.6 Å². The van der Waals surface area contributed by atoms with Gasteiger partial charge in [-0.05, 0) is 61.6 Å². The number of ether oxygens (including phenoxy) is 2. The molecule has 1 saturated carbocycles. The first kappa shape index (κ1) is 17.8. The van der Waals surface area contributed by atoms with Crippen LogP contribution >= 0.6 is 0 Å². The first-order valence-electron chi connectivity index (χ1n) is 8.15. The lowest BCUT2D eigenvalue weighted by molar-refractivity contribution is 0.354. The quantitative estimate of drug-likeness (QED) is 0.857. The van der Waals surface area contributed by atoms with Crippen molar-refractivity contribution in [2.24, 2.45) is 0 Å². The minimum atomic E-state index is -3.61. The first-order chi connectivity index (χ1) is 11.8. The second-order valence-electron chi connectivity index (χ2n) is 6.53. The topological polar surface area (TPSA) is 64.6 Å². The molecule has 3 rings (SSSR count). The lowest BCUT2D eigenvalue weighted by atomic mass is 10.1. The molecule has 0 spiro atoms. The zero-order valence-electron chi connectivity index (χ0n) is 14.9. The van der Waals surface area contributed by atoms with Gasteiger partial charge in [0.25, 0.3) is 0 Å². The summed E-state index contributed by atoms with van der Waals surface area (Å²) in [5.41, 5.74) is 1.97. The number of aryl methyl sites for hydroxylation is 2. The zero-order chi connectivity index (χ0) is 18.2. The molecule has 5 nitrogen and oxygen atoms in total. The van der Waals surface area contributed by atoms with Gasteiger partial charge in [0.15, 0.2) is 11.5 Å². The van der Waals surface area contributed by atoms with Gasteiger partial charge in [0.1, 0.15) is 0 Å². The van der Waals surface area contributed by atoms with Crippen LogP contribution in [0, 0.1) is 13.8 Å². The lowest BCUT2D eigenvalue weighted by Gasteiger charge is -2.20. The number of methoxy groups -OCH3 is 2. The summed E-state index contributed by atoms with van der Waals surface area (Å²) in [7, 11) is -0.466. The Morgan fingerprint density at radius 2 is 1.64 bits per heavy atom. The Balaban J connectivity index is 1.95. The molecule has 0 unspecified atom stereocenters. The third-order valence-corrected chi connectivity index (χ3v) is 6.33. The Morgan fingerprint density at radius 3 is 2.24 bits per heavy atom. The molecular weight excluding hydrogens is 338 g/mol. The molecule has 25 heavy (non-hydrogen) atoms. The van der Waals surface area contributed by atoms with Crippen LogP contribution in [0.3, 0.4) is 0 Å². The van der Waals surface area contributed by atoms with E-state index in [0.717, 1.165) is 29.5 Å². The van der Waals surface area contributed by atoms with Crippen molar-refractivity contribution in [3.8, 4) is 11.5 Å². The van der Waals surface area contributed by atoms with Gasteiger partial charge >= 0.3 is 0 Å². The third kappa shape index (κ3) is 3.37. The van der Waals surface area contributed by atoms with Crippen LogP contribution in [0.4, 0.5) is 0 Å². The van der Waals surface area contributed by atoms with E-state index in [1.54, 1.807) is 26.4 Å². The van der Waals surface area contributed by atoms with E-state index in [1.807, 2.05) is 38.1 Å². The second kappa shape index (κ2) is 6.35. The second-order valence-corrected chi connectivity index (χ2v) is 8.18. The predicted octanol–water partition coefficient (Wildman–Crippen LogP) is 3.29. The summed E-state index contributed by atoms with van der Waals surface area (Å²) in [6, 6.07) is 11.0. The van der Waals surface area contributed by atoms with Crippen molar-refractivity contribution in [2.75, 3.05) is 14.2 Å². The van der Waals surface area contributed by atoms with Gasteiger partial charge in [-0.1, -0.05) is 18.2 Å². The van der Waals surface area contributed by atoms with E-state index >= 15 is 0 Å². The van der Waals surface area contributed by atoms with Crippen LogP contribution in [0.1, 0.15) is 29.5 Å². The van der Waals surface area contributed by atoms with Crippen LogP contribution in [0.5, 0.6) is 11.5 Å². The highest BCUT2D eigenvalue weighted by Crippen LogP contribution is 2.48. The number of benzene rings is 2. The van der Waals surface area contributed by atoms with E-state index in [4.69, 9.17) is 9.47 Å². The predicted molar refractivity (Wildman–Crippen MR) is 96.7 cm³/mol. The summed E-state index contributed by atoms with van der Waals surface area (Å²) in [4.78, 5) is 0.333. The fraction of sp³-hybridized carbons (Fsp3) is 0.368. The van der Waals surface area contributed by atoms with Crippen LogP contribution in [-0.4, -0.2) is 22.6 Å². The number of sulfonamides is 1. The van der Waals surface area contributed by atoms with E-state index in [2.05, 4.69) is 4.72 Å². The van der Waals surface area contributed by atoms with Gasteiger partial charge in [-0.3, -0.25) is 0 Å². The van der Waals surface area contributed by atoms with Crippen molar-refractivity contribution in [1.82, 2.24) is 4.72 Å². The van der Waals surface area contributed by atoms with Gasteiger partial charge in [0, 0.05) is 0 Å². The molecule has 0 aliphatic heterocycles. The van der Waals surface area contributed by atoms with Crippen molar-refractivity contribution in [3.63, 3.8) is 0 Å². The van der Waals surface area contributed by atoms with Crippen molar-refractivity contribution in [1.29, 1.82) is 0 Å². The number of hydrogen-bond acceptors (Lipinski definition) is 4. The number of nitrogens with one attached hydrogen (secondary N) is 1. The molecule has 1 fully saturated rings. The first-order valence-corrected chi connectivity index (χ1v) is 9.63. The standard InChI is InChI=1S/C19H23NO4S/c1-13-5-6-14(2)18(11-13)25(21,22)20-19(9-10-19)15-7-8-16(23-3)17(12-15)24-4/h5-8,11-12,20H,9-10H2,1-4H3. The monoisotopic (exact) mass is 361 g/mol. The molecule has 2 aromatic carbocycles. The maximum atomic E-state index is 12.9. The maximum Gasteiger partial charge on any atom is 0.241 e. The Labute approximate surface area is 149 Å². The largest absolute Gasteiger partial charge is 0.493 e. The van der Waals surface area contributed by atoms with Crippen molar-refractivity contribution in [2.45, 2.75) is 37.1 Å². The van der Waals surface area contributed by atoms with Gasteiger partial charge < -0.3 is 9.47 Å². The lowest BCUT2D eigenvalue weighted by Crippen LogP contribution is -2.35. The zero-order valence-corrected chi connectivity index (χ0v) is 15.7. The van der Waals surface area contributed by atoms with E-state index in [-0.39, 0.29) is 0 Å². The smallest absolute Gasteiger partial charge is 0.241 e. The fourth-order valence-corrected chi connectivity index (χ4v) is 4.80. The molecule has 0 bridgehead atoms. The molecule has 2 aromatic rings. The Hall–Kier alpha value is -2.05. The Kier molecular flexibility index (Phi) is 4.51. The van der Waals surface area contributed by atoms with Gasteiger partial charge in [-0.2, -0.15) is 0 Å². The van der Waals surface area contributed by atoms with Crippen molar-refractivity contribution >= 4 is 10.0 Å². The minimum absolute atomic E-state index is 0.333. The molecular formula is C19H23NO4S. The van der Waals surface area contributed by atoms with Crippen molar-refractivity contribution in [3.05, 3.63) is 53.1 Å². The molecule has 0 atom stereocenters. The van der Waals surface area contributed by atoms with Crippen molar-refractivity contribution < 1.29 is 17.9 Å². The summed E-state index contributed by atoms with van der Waals surface area (Å²) < 4.78 is 39.4. The summed E-state index contributed by atoms with van der Waals surface area (Å²) in [6.07, 6.45) is 1.51. The molecule has 0 amide bonds. The third-order valence-electron chi connectivity index (χ3n) is 4.65. The Morgan fingerprint density at radius 1 is 0.960 bits per heavy atom. The summed E-state index contributed by atoms with van der Waals surface area (Å²) in [6.45, 7) is 3.70. The van der Waals surface area contributed by atoms with E-state index in [1.165, 1.54) is 0 Å². The van der Waals surface area contributed by atoms with E-state index in [9.17, 15) is 8.42 Å². The van der Waals surface area contributed by atoms with E-state index in [0.29, 0.717) is 16.4 Å². The van der Waals surface area contributed by atoms with Crippen LogP contribution < -0.4 is 14.2 Å². The number of rotatable bonds is 6. The molecule has 0 aromatic heterocycles. The molecule has 1 aliphatic rings. The highest BCUT2D eigenvalue weighted by molar-refractivity contribution is 7.89. The van der Waals surface area contributed by atoms with Crippen LogP contribution in [0.2, 0.25) is 0 Å². The fourth-order valence-electron chi connectivity index (χ4n) is 3.02. The molecule has 0 saturated heterocycles. The summed E-state index contributed by atoms with van der Waals surface area (Å²) in [5, 5.41) is 0. The van der Waals surface area contributed by atoms with Gasteiger partial charge in [-0.25, -0.2) is 13.1 Å². The SMILES string of the molecule is COc1ccc(C2(NS(=O)(=O)c3cc(C)ccc3C)CC2)cc1OC. The number of hydrogen-bond donors (Lipinski definition) is 1. The summed E-state index contributed by atoms with van der Waals surface area (Å²) in [5.74, 6) is 1.22. The molecule has 1 aliphatic carbocycles. The van der Waals surface area contributed by atoms with Gasteiger partial charge in [-0.15, -0.1) is 0 Å². The molecule has 1 N–H and O–H groups in total. The molecule has 0 heterocycles. The average molecular weight is 361 g/mol. The van der Waals surface area contributed by atoms with Crippen LogP contribution in [0.25, 0.3) is 0 Å². The summed E-state index contributed by atoms with van der Waals surface area (Å²) >= 11 is 0. The Bertz CT molecular complexity index is 902. The minimum Gasteiger partial charge on any atom is -0.493 e. The molecule has 6 heteroatoms. The van der Waals surface area contributed by atoms with Gasteiger partial charge in [0.2, 0.25) is 10.0 Å². The van der Waals surface area contributed by atoms with Crippen LogP contribution in [-0.2, 0) is 15.6 Å². The molecule has 134 valence electrons. The van der Waals surface area contributed by atoms with Gasteiger partial charge in [0.05, 0.1) is 24.7 Å². The highest BCUT2D eigenvalue weighted by Gasteiger charge is 2.48. The average Bonchev–Trinajstić information content (AvgIpc) is 3.36. The highest BCUT2D eigenvalue weighted by atomic mass is 32.2. The maximum absolute atomic E-state index is 12.9. The van der Waals surface area contributed by atoms with Crippen LogP contribution in [0.15, 0.2) is 41.3 Å².